The van der Waals surface area contributed by atoms with Crippen LogP contribution in [0.1, 0.15) is 23.2 Å². The van der Waals surface area contributed by atoms with E-state index in [1.54, 1.807) is 0 Å². The van der Waals surface area contributed by atoms with Crippen molar-refractivity contribution in [2.24, 2.45) is 0 Å². The van der Waals surface area contributed by atoms with E-state index in [9.17, 15) is 0 Å². The summed E-state index contributed by atoms with van der Waals surface area (Å²) >= 11 is 3.48. The Hall–Kier alpha value is -1.35. The van der Waals surface area contributed by atoms with Gasteiger partial charge in [0, 0.05) is 16.2 Å². The number of hydrogen-bond donors (Lipinski definition) is 0. The number of aryl methyl sites for hydroxylation is 3. The number of aromatic nitrogens is 1. The Morgan fingerprint density at radius 3 is 2.89 bits per heavy atom. The molecule has 0 atom stereocenters. The third-order valence-corrected chi connectivity index (χ3v) is 4.14. The van der Waals surface area contributed by atoms with Crippen molar-refractivity contribution in [3.63, 3.8) is 0 Å². The molecular formula is C15H14BrNO. The van der Waals surface area contributed by atoms with Crippen LogP contribution in [0.3, 0.4) is 0 Å². The van der Waals surface area contributed by atoms with Crippen molar-refractivity contribution < 1.29 is 4.74 Å². The molecule has 0 radical (unpaired) electrons. The van der Waals surface area contributed by atoms with Gasteiger partial charge in [0.05, 0.1) is 0 Å². The van der Waals surface area contributed by atoms with E-state index in [1.165, 1.54) is 17.7 Å². The van der Waals surface area contributed by atoms with Crippen LogP contribution in [-0.4, -0.2) is 4.98 Å². The monoisotopic (exact) mass is 303 g/mol. The van der Waals surface area contributed by atoms with Crippen LogP contribution < -0.4 is 4.74 Å². The SMILES string of the molecule is Cc1cc(Oc2ccc3c(n2)CCC3)ccc1Br. The van der Waals surface area contributed by atoms with Gasteiger partial charge in [-0.1, -0.05) is 22.0 Å². The molecule has 18 heavy (non-hydrogen) atoms. The van der Waals surface area contributed by atoms with Crippen LogP contribution in [0.4, 0.5) is 0 Å². The van der Waals surface area contributed by atoms with E-state index in [1.807, 2.05) is 31.2 Å². The summed E-state index contributed by atoms with van der Waals surface area (Å²) in [4.78, 5) is 4.57. The van der Waals surface area contributed by atoms with Gasteiger partial charge in [-0.05, 0) is 55.5 Å². The van der Waals surface area contributed by atoms with E-state index in [2.05, 4.69) is 27.0 Å². The average Bonchev–Trinajstić information content (AvgIpc) is 2.81. The zero-order valence-corrected chi connectivity index (χ0v) is 11.8. The third kappa shape index (κ3) is 2.27. The van der Waals surface area contributed by atoms with Crippen molar-refractivity contribution >= 4 is 15.9 Å². The Morgan fingerprint density at radius 2 is 2.06 bits per heavy atom. The van der Waals surface area contributed by atoms with Gasteiger partial charge in [-0.25, -0.2) is 4.98 Å². The number of halogens is 1. The fraction of sp³-hybridized carbons (Fsp3) is 0.267. The van der Waals surface area contributed by atoms with E-state index in [0.717, 1.165) is 28.6 Å². The first-order chi connectivity index (χ1) is 8.72. The number of nitrogens with zero attached hydrogens (tertiary/aromatic N) is 1. The standard InChI is InChI=1S/C15H14BrNO/c1-10-9-12(6-7-13(10)16)18-15-8-5-11-3-2-4-14(11)17-15/h5-9H,2-4H2,1H3. The minimum Gasteiger partial charge on any atom is -0.439 e. The lowest BCUT2D eigenvalue weighted by atomic mass is 10.2. The number of pyridine rings is 1. The highest BCUT2D eigenvalue weighted by Crippen LogP contribution is 2.27. The van der Waals surface area contributed by atoms with Gasteiger partial charge < -0.3 is 4.74 Å². The maximum atomic E-state index is 5.81. The lowest BCUT2D eigenvalue weighted by Crippen LogP contribution is -1.93. The second kappa shape index (κ2) is 4.73. The molecule has 0 saturated heterocycles. The smallest absolute Gasteiger partial charge is 0.219 e. The Morgan fingerprint density at radius 1 is 1.17 bits per heavy atom. The number of ether oxygens (including phenoxy) is 1. The van der Waals surface area contributed by atoms with Gasteiger partial charge in [-0.3, -0.25) is 0 Å². The largest absolute Gasteiger partial charge is 0.439 e. The molecule has 2 nitrogen and oxygen atoms in total. The summed E-state index contributed by atoms with van der Waals surface area (Å²) < 4.78 is 6.90. The molecule has 0 amide bonds. The predicted molar refractivity (Wildman–Crippen MR) is 75.2 cm³/mol. The second-order valence-corrected chi connectivity index (χ2v) is 5.48. The fourth-order valence-corrected chi connectivity index (χ4v) is 2.51. The van der Waals surface area contributed by atoms with Crippen molar-refractivity contribution in [3.05, 3.63) is 51.6 Å². The van der Waals surface area contributed by atoms with E-state index >= 15 is 0 Å². The van der Waals surface area contributed by atoms with E-state index < -0.39 is 0 Å². The molecule has 3 rings (SSSR count). The second-order valence-electron chi connectivity index (χ2n) is 4.62. The molecule has 0 spiro atoms. The van der Waals surface area contributed by atoms with Crippen molar-refractivity contribution in [1.82, 2.24) is 4.98 Å². The summed E-state index contributed by atoms with van der Waals surface area (Å²) in [7, 11) is 0. The van der Waals surface area contributed by atoms with Gasteiger partial charge in [-0.2, -0.15) is 0 Å². The Kier molecular flexibility index (Phi) is 3.08. The highest BCUT2D eigenvalue weighted by atomic mass is 79.9. The molecule has 0 aliphatic heterocycles. The minimum atomic E-state index is 0.692. The summed E-state index contributed by atoms with van der Waals surface area (Å²) in [6.07, 6.45) is 3.44. The van der Waals surface area contributed by atoms with E-state index in [-0.39, 0.29) is 0 Å². The van der Waals surface area contributed by atoms with Crippen LogP contribution in [0.2, 0.25) is 0 Å². The maximum absolute atomic E-state index is 5.81. The summed E-state index contributed by atoms with van der Waals surface area (Å²) in [5.74, 6) is 1.53. The van der Waals surface area contributed by atoms with Crippen LogP contribution in [0.25, 0.3) is 0 Å². The van der Waals surface area contributed by atoms with Crippen LogP contribution in [0.5, 0.6) is 11.6 Å². The van der Waals surface area contributed by atoms with Gasteiger partial charge in [-0.15, -0.1) is 0 Å². The molecule has 0 bridgehead atoms. The highest BCUT2D eigenvalue weighted by Gasteiger charge is 2.13. The first-order valence-electron chi connectivity index (χ1n) is 6.15. The number of rotatable bonds is 2. The highest BCUT2D eigenvalue weighted by molar-refractivity contribution is 9.10. The molecule has 1 aromatic carbocycles. The third-order valence-electron chi connectivity index (χ3n) is 3.25. The molecule has 1 heterocycles. The molecule has 0 unspecified atom stereocenters. The zero-order valence-electron chi connectivity index (χ0n) is 10.2. The van der Waals surface area contributed by atoms with Crippen LogP contribution in [0, 0.1) is 6.92 Å². The topological polar surface area (TPSA) is 22.1 Å². The molecule has 0 fully saturated rings. The average molecular weight is 304 g/mol. The quantitative estimate of drug-likeness (QED) is 0.818. The van der Waals surface area contributed by atoms with E-state index in [0.29, 0.717) is 5.88 Å². The summed E-state index contributed by atoms with van der Waals surface area (Å²) in [6, 6.07) is 10.1. The van der Waals surface area contributed by atoms with E-state index in [4.69, 9.17) is 4.74 Å². The zero-order chi connectivity index (χ0) is 12.5. The summed E-state index contributed by atoms with van der Waals surface area (Å²) in [5.41, 5.74) is 3.73. The molecule has 1 aromatic heterocycles. The molecule has 3 heteroatoms. The Labute approximate surface area is 115 Å². The number of fused-ring (bicyclic) bond motifs is 1. The Balaban J connectivity index is 1.85. The molecule has 1 aliphatic carbocycles. The van der Waals surface area contributed by atoms with Crippen molar-refractivity contribution in [2.75, 3.05) is 0 Å². The molecular weight excluding hydrogens is 290 g/mol. The van der Waals surface area contributed by atoms with Crippen molar-refractivity contribution in [3.8, 4) is 11.6 Å². The lowest BCUT2D eigenvalue weighted by Gasteiger charge is -2.08. The summed E-state index contributed by atoms with van der Waals surface area (Å²) in [6.45, 7) is 2.05. The lowest BCUT2D eigenvalue weighted by molar-refractivity contribution is 0.460. The first-order valence-corrected chi connectivity index (χ1v) is 6.94. The first kappa shape index (κ1) is 11.7. The maximum Gasteiger partial charge on any atom is 0.219 e. The van der Waals surface area contributed by atoms with Crippen LogP contribution >= 0.6 is 15.9 Å². The van der Waals surface area contributed by atoms with Gasteiger partial charge in [0.1, 0.15) is 5.75 Å². The normalized spacial score (nSPS) is 13.4. The number of benzene rings is 1. The Bertz CT molecular complexity index is 595. The molecule has 92 valence electrons. The van der Waals surface area contributed by atoms with Gasteiger partial charge in [0.15, 0.2) is 0 Å². The molecule has 1 aliphatic rings. The fourth-order valence-electron chi connectivity index (χ4n) is 2.26. The molecule has 0 saturated carbocycles. The van der Waals surface area contributed by atoms with Gasteiger partial charge >= 0.3 is 0 Å². The van der Waals surface area contributed by atoms with Crippen LogP contribution in [-0.2, 0) is 12.8 Å². The molecule has 2 aromatic rings. The summed E-state index contributed by atoms with van der Waals surface area (Å²) in [5, 5.41) is 0. The number of hydrogen-bond acceptors (Lipinski definition) is 2. The van der Waals surface area contributed by atoms with Crippen molar-refractivity contribution in [2.45, 2.75) is 26.2 Å². The van der Waals surface area contributed by atoms with Gasteiger partial charge in [0.2, 0.25) is 5.88 Å². The van der Waals surface area contributed by atoms with Gasteiger partial charge in [0.25, 0.3) is 0 Å². The molecule has 0 N–H and O–H groups in total. The predicted octanol–water partition coefficient (Wildman–Crippen LogP) is 4.43. The minimum absolute atomic E-state index is 0.692. The van der Waals surface area contributed by atoms with Crippen LogP contribution in [0.15, 0.2) is 34.8 Å². The van der Waals surface area contributed by atoms with Crippen molar-refractivity contribution in [1.29, 1.82) is 0 Å².